The summed E-state index contributed by atoms with van der Waals surface area (Å²) in [5.41, 5.74) is 1.12. The molecular formula is C15H20N2O2. The summed E-state index contributed by atoms with van der Waals surface area (Å²) in [4.78, 5) is 18.1. The molecule has 1 heterocycles. The molecule has 1 aromatic rings. The Hall–Kier alpha value is -1.86. The van der Waals surface area contributed by atoms with Crippen LogP contribution in [0.3, 0.4) is 0 Å². The molecule has 0 aliphatic carbocycles. The summed E-state index contributed by atoms with van der Waals surface area (Å²) in [6, 6.07) is 3.42. The molecule has 1 amide bonds. The number of aromatic nitrogens is 1. The summed E-state index contributed by atoms with van der Waals surface area (Å²) in [6.07, 6.45) is 1.55. The molecule has 0 bridgehead atoms. The molecule has 0 saturated carbocycles. The Kier molecular flexibility index (Phi) is 6.04. The molecule has 1 N–H and O–H groups in total. The first-order valence-electron chi connectivity index (χ1n) is 6.43. The van der Waals surface area contributed by atoms with Crippen molar-refractivity contribution in [2.24, 2.45) is 5.92 Å². The molecule has 19 heavy (non-hydrogen) atoms. The second kappa shape index (κ2) is 7.55. The molecular weight excluding hydrogens is 240 g/mol. The molecule has 0 saturated heterocycles. The van der Waals surface area contributed by atoms with Gasteiger partial charge in [0.25, 0.3) is 5.91 Å². The molecule has 0 unspecified atom stereocenters. The van der Waals surface area contributed by atoms with Gasteiger partial charge in [-0.1, -0.05) is 25.7 Å². The number of hydrogen-bond donors (Lipinski definition) is 1. The van der Waals surface area contributed by atoms with Gasteiger partial charge < -0.3 is 10.0 Å². The van der Waals surface area contributed by atoms with Crippen molar-refractivity contribution < 1.29 is 9.90 Å². The summed E-state index contributed by atoms with van der Waals surface area (Å²) in [5.74, 6) is 5.66. The van der Waals surface area contributed by atoms with Crippen LogP contribution in [0.15, 0.2) is 18.3 Å². The molecule has 4 heteroatoms. The lowest BCUT2D eigenvalue weighted by Gasteiger charge is -2.22. The highest BCUT2D eigenvalue weighted by molar-refractivity contribution is 5.92. The van der Waals surface area contributed by atoms with Crippen LogP contribution in [0.4, 0.5) is 0 Å². The van der Waals surface area contributed by atoms with Gasteiger partial charge in [0.2, 0.25) is 0 Å². The number of rotatable bonds is 4. The summed E-state index contributed by atoms with van der Waals surface area (Å²) in [7, 11) is 0. The van der Waals surface area contributed by atoms with E-state index in [1.54, 1.807) is 23.2 Å². The third-order valence-corrected chi connectivity index (χ3v) is 2.55. The Morgan fingerprint density at radius 2 is 2.21 bits per heavy atom. The molecule has 0 aliphatic heterocycles. The smallest absolute Gasteiger partial charge is 0.272 e. The molecule has 4 nitrogen and oxygen atoms in total. The lowest BCUT2D eigenvalue weighted by Crippen LogP contribution is -2.34. The summed E-state index contributed by atoms with van der Waals surface area (Å²) >= 11 is 0. The highest BCUT2D eigenvalue weighted by Gasteiger charge is 2.16. The number of aliphatic hydroxyl groups excluding tert-OH is 1. The highest BCUT2D eigenvalue weighted by atomic mass is 16.2. The van der Waals surface area contributed by atoms with Crippen LogP contribution in [0, 0.1) is 17.8 Å². The van der Waals surface area contributed by atoms with Crippen molar-refractivity contribution in [1.82, 2.24) is 9.88 Å². The number of carbonyl (C=O) groups is 1. The number of carbonyl (C=O) groups excluding carboxylic acids is 1. The first-order chi connectivity index (χ1) is 9.08. The monoisotopic (exact) mass is 260 g/mol. The van der Waals surface area contributed by atoms with Crippen molar-refractivity contribution in [3.8, 4) is 11.8 Å². The molecule has 102 valence electrons. The Bertz CT molecular complexity index is 469. The quantitative estimate of drug-likeness (QED) is 0.836. The van der Waals surface area contributed by atoms with E-state index in [2.05, 4.69) is 30.7 Å². The van der Waals surface area contributed by atoms with Crippen LogP contribution in [0.1, 0.15) is 36.8 Å². The van der Waals surface area contributed by atoms with Crippen molar-refractivity contribution in [1.29, 1.82) is 0 Å². The maximum atomic E-state index is 12.2. The fourth-order valence-corrected chi connectivity index (χ4v) is 1.69. The zero-order valence-electron chi connectivity index (χ0n) is 11.7. The normalized spacial score (nSPS) is 9.95. The first kappa shape index (κ1) is 15.2. The zero-order valence-corrected chi connectivity index (χ0v) is 11.7. The van der Waals surface area contributed by atoms with Gasteiger partial charge in [0.15, 0.2) is 0 Å². The van der Waals surface area contributed by atoms with Gasteiger partial charge in [-0.15, -0.1) is 0 Å². The lowest BCUT2D eigenvalue weighted by molar-refractivity contribution is 0.0740. The van der Waals surface area contributed by atoms with Crippen molar-refractivity contribution in [3.63, 3.8) is 0 Å². The Morgan fingerprint density at radius 1 is 1.47 bits per heavy atom. The average Bonchev–Trinajstić information content (AvgIpc) is 2.42. The van der Waals surface area contributed by atoms with E-state index >= 15 is 0 Å². The van der Waals surface area contributed by atoms with Crippen LogP contribution in [0.2, 0.25) is 0 Å². The molecule has 1 aromatic heterocycles. The minimum atomic E-state index is -0.182. The van der Waals surface area contributed by atoms with Crippen LogP contribution in [-0.2, 0) is 0 Å². The van der Waals surface area contributed by atoms with Gasteiger partial charge in [0.05, 0.1) is 0 Å². The van der Waals surface area contributed by atoms with E-state index in [4.69, 9.17) is 5.11 Å². The summed E-state index contributed by atoms with van der Waals surface area (Å²) < 4.78 is 0. The maximum absolute atomic E-state index is 12.2. The topological polar surface area (TPSA) is 53.4 Å². The summed E-state index contributed by atoms with van der Waals surface area (Å²) in [5, 5.41) is 8.60. The van der Waals surface area contributed by atoms with Crippen LogP contribution in [0.5, 0.6) is 0 Å². The predicted molar refractivity (Wildman–Crippen MR) is 74.6 cm³/mol. The van der Waals surface area contributed by atoms with Crippen LogP contribution >= 0.6 is 0 Å². The SMILES string of the molecule is CCN(CC(C)C)C(=O)c1ccc(C#CCO)cn1. The van der Waals surface area contributed by atoms with Crippen molar-refractivity contribution in [2.75, 3.05) is 19.7 Å². The molecule has 0 spiro atoms. The van der Waals surface area contributed by atoms with Gasteiger partial charge in [0, 0.05) is 24.8 Å². The highest BCUT2D eigenvalue weighted by Crippen LogP contribution is 2.06. The minimum Gasteiger partial charge on any atom is -0.384 e. The van der Waals surface area contributed by atoms with Crippen LogP contribution < -0.4 is 0 Å². The predicted octanol–water partition coefficient (Wildman–Crippen LogP) is 1.54. The fraction of sp³-hybridized carbons (Fsp3) is 0.467. The number of pyridine rings is 1. The van der Waals surface area contributed by atoms with Gasteiger partial charge in [-0.05, 0) is 25.0 Å². The molecule has 0 atom stereocenters. The third-order valence-electron chi connectivity index (χ3n) is 2.55. The molecule has 0 aliphatic rings. The van der Waals surface area contributed by atoms with E-state index in [0.717, 1.165) is 6.54 Å². The van der Waals surface area contributed by atoms with Gasteiger partial charge in [-0.25, -0.2) is 4.98 Å². The molecule has 0 radical (unpaired) electrons. The summed E-state index contributed by atoms with van der Waals surface area (Å²) in [6.45, 7) is 7.34. The van der Waals surface area contributed by atoms with Gasteiger partial charge in [-0.2, -0.15) is 0 Å². The minimum absolute atomic E-state index is 0.0575. The van der Waals surface area contributed by atoms with E-state index in [9.17, 15) is 4.79 Å². The second-order valence-corrected chi connectivity index (χ2v) is 4.63. The molecule has 0 fully saturated rings. The number of aliphatic hydroxyl groups is 1. The third kappa shape index (κ3) is 4.72. The first-order valence-corrected chi connectivity index (χ1v) is 6.43. The maximum Gasteiger partial charge on any atom is 0.272 e. The van der Waals surface area contributed by atoms with Gasteiger partial charge in [-0.3, -0.25) is 4.79 Å². The van der Waals surface area contributed by atoms with E-state index < -0.39 is 0 Å². The van der Waals surface area contributed by atoms with Crippen molar-refractivity contribution >= 4 is 5.91 Å². The Morgan fingerprint density at radius 3 is 2.68 bits per heavy atom. The van der Waals surface area contributed by atoms with E-state index in [-0.39, 0.29) is 12.5 Å². The van der Waals surface area contributed by atoms with E-state index in [1.807, 2.05) is 6.92 Å². The molecule has 1 rings (SSSR count). The zero-order chi connectivity index (χ0) is 14.3. The number of nitrogens with zero attached hydrogens (tertiary/aromatic N) is 2. The lowest BCUT2D eigenvalue weighted by atomic mass is 10.2. The Balaban J connectivity index is 2.81. The van der Waals surface area contributed by atoms with Crippen molar-refractivity contribution in [3.05, 3.63) is 29.6 Å². The van der Waals surface area contributed by atoms with Crippen molar-refractivity contribution in [2.45, 2.75) is 20.8 Å². The number of amides is 1. The van der Waals surface area contributed by atoms with Crippen LogP contribution in [-0.4, -0.2) is 40.6 Å². The second-order valence-electron chi connectivity index (χ2n) is 4.63. The largest absolute Gasteiger partial charge is 0.384 e. The van der Waals surface area contributed by atoms with E-state index in [1.165, 1.54) is 0 Å². The van der Waals surface area contributed by atoms with Crippen LogP contribution in [0.25, 0.3) is 0 Å². The molecule has 0 aromatic carbocycles. The van der Waals surface area contributed by atoms with Gasteiger partial charge in [0.1, 0.15) is 12.3 Å². The fourth-order valence-electron chi connectivity index (χ4n) is 1.69. The number of hydrogen-bond acceptors (Lipinski definition) is 3. The van der Waals surface area contributed by atoms with Gasteiger partial charge >= 0.3 is 0 Å². The van der Waals surface area contributed by atoms with E-state index in [0.29, 0.717) is 23.7 Å². The average molecular weight is 260 g/mol. The Labute approximate surface area is 114 Å². The standard InChI is InChI=1S/C15H20N2O2/c1-4-17(11-12(2)3)15(19)14-8-7-13(10-16-14)6-5-9-18/h7-8,10,12,18H,4,9,11H2,1-3H3.